The van der Waals surface area contributed by atoms with E-state index < -0.39 is 0 Å². The number of fused-ring (bicyclic) bond motifs is 3. The summed E-state index contributed by atoms with van der Waals surface area (Å²) in [5.74, 6) is -0.0367. The van der Waals surface area contributed by atoms with Crippen molar-refractivity contribution in [3.05, 3.63) is 52.1 Å². The topological polar surface area (TPSA) is 46.9 Å². The molecule has 0 spiro atoms. The summed E-state index contributed by atoms with van der Waals surface area (Å²) >= 11 is 3.06. The number of carbonyl (C=O) groups is 1. The van der Waals surface area contributed by atoms with Gasteiger partial charge in [-0.05, 0) is 54.1 Å². The van der Waals surface area contributed by atoms with Gasteiger partial charge in [0.25, 0.3) is 5.91 Å². The number of rotatable bonds is 2. The second-order valence-electron chi connectivity index (χ2n) is 5.02. The van der Waals surface area contributed by atoms with Crippen LogP contribution in [0.4, 0.5) is 0 Å². The fraction of sp³-hybridized carbons (Fsp3) is 0.200. The Hall–Kier alpha value is -1.92. The number of nitrogens with zero attached hydrogens (tertiary/aromatic N) is 2. The summed E-state index contributed by atoms with van der Waals surface area (Å²) in [6.45, 7) is 0. The maximum atomic E-state index is 12.5. The average molecular weight is 315 g/mol. The SMILES string of the molecule is O=C(Nn1cccc1)c1scc2c1CCCc1cnsc1-2. The van der Waals surface area contributed by atoms with Crippen molar-refractivity contribution in [2.75, 3.05) is 5.43 Å². The molecule has 106 valence electrons. The summed E-state index contributed by atoms with van der Waals surface area (Å²) in [7, 11) is 0. The Morgan fingerprint density at radius 2 is 2.14 bits per heavy atom. The minimum absolute atomic E-state index is 0.0367. The molecule has 0 atom stereocenters. The van der Waals surface area contributed by atoms with Crippen LogP contribution in [-0.4, -0.2) is 15.0 Å². The van der Waals surface area contributed by atoms with Crippen LogP contribution in [0.25, 0.3) is 10.4 Å². The van der Waals surface area contributed by atoms with Crippen molar-refractivity contribution in [2.24, 2.45) is 0 Å². The zero-order valence-corrected chi connectivity index (χ0v) is 12.8. The molecule has 4 rings (SSSR count). The fourth-order valence-corrected chi connectivity index (χ4v) is 4.62. The highest BCUT2D eigenvalue weighted by atomic mass is 32.1. The first-order chi connectivity index (χ1) is 10.3. The highest BCUT2D eigenvalue weighted by Gasteiger charge is 2.23. The summed E-state index contributed by atoms with van der Waals surface area (Å²) in [6.07, 6.45) is 8.68. The Kier molecular flexibility index (Phi) is 3.12. The van der Waals surface area contributed by atoms with Gasteiger partial charge in [-0.2, -0.15) is 0 Å². The fourth-order valence-electron chi connectivity index (χ4n) is 2.70. The van der Waals surface area contributed by atoms with E-state index in [2.05, 4.69) is 15.2 Å². The van der Waals surface area contributed by atoms with Gasteiger partial charge in [-0.3, -0.25) is 14.9 Å². The summed E-state index contributed by atoms with van der Waals surface area (Å²) in [5.41, 5.74) is 6.58. The molecule has 1 aliphatic rings. The number of thiophene rings is 1. The van der Waals surface area contributed by atoms with Crippen LogP contribution < -0.4 is 5.43 Å². The van der Waals surface area contributed by atoms with Crippen molar-refractivity contribution < 1.29 is 4.79 Å². The smallest absolute Gasteiger partial charge is 0.268 e. The molecule has 1 amide bonds. The van der Waals surface area contributed by atoms with Crippen LogP contribution in [0, 0.1) is 0 Å². The van der Waals surface area contributed by atoms with Crippen LogP contribution in [0.3, 0.4) is 0 Å². The Morgan fingerprint density at radius 1 is 1.29 bits per heavy atom. The van der Waals surface area contributed by atoms with Crippen LogP contribution in [0.5, 0.6) is 0 Å². The molecule has 0 radical (unpaired) electrons. The molecule has 1 N–H and O–H groups in total. The van der Waals surface area contributed by atoms with E-state index in [0.29, 0.717) is 0 Å². The first kappa shape index (κ1) is 12.8. The highest BCUT2D eigenvalue weighted by molar-refractivity contribution is 7.14. The third-order valence-corrected chi connectivity index (χ3v) is 5.59. The zero-order valence-electron chi connectivity index (χ0n) is 11.2. The molecule has 0 saturated carbocycles. The lowest BCUT2D eigenvalue weighted by Crippen LogP contribution is -2.21. The Labute approximate surface area is 130 Å². The predicted octanol–water partition coefficient (Wildman–Crippen LogP) is 3.55. The Morgan fingerprint density at radius 3 is 3.00 bits per heavy atom. The molecular formula is C15H13N3OS2. The first-order valence-electron chi connectivity index (χ1n) is 6.81. The van der Waals surface area contributed by atoms with Gasteiger partial charge in [0.15, 0.2) is 0 Å². The molecule has 0 aromatic carbocycles. The molecule has 0 unspecified atom stereocenters. The third-order valence-electron chi connectivity index (χ3n) is 3.70. The Balaban J connectivity index is 1.72. The molecule has 0 aliphatic heterocycles. The van der Waals surface area contributed by atoms with E-state index in [9.17, 15) is 4.79 Å². The van der Waals surface area contributed by atoms with Crippen molar-refractivity contribution in [1.82, 2.24) is 9.05 Å². The first-order valence-corrected chi connectivity index (χ1v) is 8.47. The molecule has 0 saturated heterocycles. The minimum atomic E-state index is -0.0367. The van der Waals surface area contributed by atoms with Gasteiger partial charge in [0.1, 0.15) is 0 Å². The van der Waals surface area contributed by atoms with Gasteiger partial charge in [0, 0.05) is 29.5 Å². The predicted molar refractivity (Wildman–Crippen MR) is 85.6 cm³/mol. The molecule has 3 aromatic heterocycles. The average Bonchev–Trinajstić information content (AvgIpc) is 3.18. The van der Waals surface area contributed by atoms with Crippen molar-refractivity contribution in [2.45, 2.75) is 19.3 Å². The van der Waals surface area contributed by atoms with E-state index in [0.717, 1.165) is 24.1 Å². The van der Waals surface area contributed by atoms with Gasteiger partial charge in [-0.25, -0.2) is 4.37 Å². The van der Waals surface area contributed by atoms with Crippen molar-refractivity contribution in [3.63, 3.8) is 0 Å². The summed E-state index contributed by atoms with van der Waals surface area (Å²) in [5, 5.41) is 2.10. The summed E-state index contributed by atoms with van der Waals surface area (Å²) in [4.78, 5) is 14.5. The normalized spacial score (nSPS) is 13.3. The number of aryl methyl sites for hydroxylation is 1. The van der Waals surface area contributed by atoms with Crippen LogP contribution in [0.1, 0.15) is 27.2 Å². The highest BCUT2D eigenvalue weighted by Crippen LogP contribution is 2.39. The lowest BCUT2D eigenvalue weighted by atomic mass is 10.1. The molecule has 1 aliphatic carbocycles. The monoisotopic (exact) mass is 315 g/mol. The molecule has 0 fully saturated rings. The maximum absolute atomic E-state index is 12.5. The second-order valence-corrected chi connectivity index (χ2v) is 6.70. The van der Waals surface area contributed by atoms with Gasteiger partial charge < -0.3 is 0 Å². The molecule has 21 heavy (non-hydrogen) atoms. The van der Waals surface area contributed by atoms with E-state index in [-0.39, 0.29) is 5.91 Å². The van der Waals surface area contributed by atoms with Gasteiger partial charge in [-0.1, -0.05) is 0 Å². The van der Waals surface area contributed by atoms with Crippen LogP contribution in [-0.2, 0) is 12.8 Å². The van der Waals surface area contributed by atoms with Crippen molar-refractivity contribution >= 4 is 28.8 Å². The lowest BCUT2D eigenvalue weighted by Gasteiger charge is -2.07. The van der Waals surface area contributed by atoms with Gasteiger partial charge in [0.05, 0.1) is 9.75 Å². The van der Waals surface area contributed by atoms with E-state index in [4.69, 9.17) is 0 Å². The van der Waals surface area contributed by atoms with Crippen molar-refractivity contribution in [1.29, 1.82) is 0 Å². The van der Waals surface area contributed by atoms with Gasteiger partial charge in [0.2, 0.25) is 0 Å². The molecule has 0 bridgehead atoms. The molecule has 3 heterocycles. The number of amides is 1. The number of aromatic nitrogens is 2. The molecule has 6 heteroatoms. The summed E-state index contributed by atoms with van der Waals surface area (Å²) < 4.78 is 5.98. The number of nitrogens with one attached hydrogen (secondary N) is 1. The standard InChI is InChI=1S/C15H13N3OS2/c19-15(17-18-6-1-2-7-18)14-11-5-3-4-10-8-16-21-13(10)12(11)9-20-14/h1-2,6-9H,3-5H2,(H,17,19). The van der Waals surface area contributed by atoms with Crippen LogP contribution in [0.15, 0.2) is 36.1 Å². The number of hydrogen-bond donors (Lipinski definition) is 1. The minimum Gasteiger partial charge on any atom is -0.268 e. The van der Waals surface area contributed by atoms with Crippen LogP contribution >= 0.6 is 22.9 Å². The molecule has 4 nitrogen and oxygen atoms in total. The second kappa shape index (κ2) is 5.13. The Bertz CT molecular complexity index is 786. The van der Waals surface area contributed by atoms with Crippen LogP contribution in [0.2, 0.25) is 0 Å². The third kappa shape index (κ3) is 2.20. The molecular weight excluding hydrogens is 302 g/mol. The summed E-state index contributed by atoms with van der Waals surface area (Å²) in [6, 6.07) is 3.78. The van der Waals surface area contributed by atoms with Crippen molar-refractivity contribution in [3.8, 4) is 10.4 Å². The van der Waals surface area contributed by atoms with E-state index in [1.165, 1.54) is 44.4 Å². The maximum Gasteiger partial charge on any atom is 0.280 e. The zero-order chi connectivity index (χ0) is 14.2. The number of carbonyl (C=O) groups excluding carboxylic acids is 1. The molecule has 3 aromatic rings. The largest absolute Gasteiger partial charge is 0.280 e. The lowest BCUT2D eigenvalue weighted by molar-refractivity contribution is 0.101. The van der Waals surface area contributed by atoms with E-state index in [1.807, 2.05) is 30.7 Å². The quantitative estimate of drug-likeness (QED) is 0.786. The van der Waals surface area contributed by atoms with E-state index >= 15 is 0 Å². The van der Waals surface area contributed by atoms with Gasteiger partial charge >= 0.3 is 0 Å². The number of hydrogen-bond acceptors (Lipinski definition) is 4. The van der Waals surface area contributed by atoms with E-state index in [1.54, 1.807) is 4.68 Å². The van der Waals surface area contributed by atoms with Gasteiger partial charge in [-0.15, -0.1) is 11.3 Å².